The molecule has 2 heterocycles. The van der Waals surface area contributed by atoms with Crippen molar-refractivity contribution in [2.45, 2.75) is 31.6 Å². The third kappa shape index (κ3) is 6.95. The fourth-order valence-corrected chi connectivity index (χ4v) is 6.41. The van der Waals surface area contributed by atoms with E-state index in [1.807, 2.05) is 38.1 Å². The summed E-state index contributed by atoms with van der Waals surface area (Å²) < 4.78 is 31.2. The molecule has 0 saturated carbocycles. The summed E-state index contributed by atoms with van der Waals surface area (Å²) in [5.41, 5.74) is 2.96. The Morgan fingerprint density at radius 3 is 2.62 bits per heavy atom. The molecule has 182 valence electrons. The number of nitrogens with zero attached hydrogens (tertiary/aromatic N) is 2. The van der Waals surface area contributed by atoms with Crippen molar-refractivity contribution in [1.29, 1.82) is 0 Å². The van der Waals surface area contributed by atoms with Gasteiger partial charge in [0, 0.05) is 11.4 Å². The van der Waals surface area contributed by atoms with Crippen LogP contribution in [0.3, 0.4) is 0 Å². The summed E-state index contributed by atoms with van der Waals surface area (Å²) in [6, 6.07) is 6.15. The number of amides is 1. The molecule has 1 saturated heterocycles. The minimum atomic E-state index is -3.98. The number of carbonyl (C=O) groups excluding carboxylic acids is 1. The summed E-state index contributed by atoms with van der Waals surface area (Å²) in [5.74, 6) is -1.82. The zero-order valence-electron chi connectivity index (χ0n) is 18.6. The van der Waals surface area contributed by atoms with E-state index in [0.717, 1.165) is 43.4 Å². The van der Waals surface area contributed by atoms with Crippen LogP contribution in [0, 0.1) is 6.92 Å². The first kappa shape index (κ1) is 26.5. The van der Waals surface area contributed by atoms with Crippen LogP contribution in [0.1, 0.15) is 25.3 Å². The number of hydrogen-bond donors (Lipinski definition) is 2. The van der Waals surface area contributed by atoms with Crippen molar-refractivity contribution in [2.24, 2.45) is 0 Å². The average Bonchev–Trinajstić information content (AvgIpc) is 3.20. The molecule has 12 heteroatoms. The Morgan fingerprint density at radius 1 is 1.21 bits per heavy atom. The molecule has 2 N–H and O–H groups in total. The Kier molecular flexibility index (Phi) is 8.63. The number of carbonyl (C=O) groups is 2. The normalized spacial score (nSPS) is 19.0. The van der Waals surface area contributed by atoms with Crippen LogP contribution in [0.25, 0.3) is 0 Å². The molecule has 8 nitrogen and oxygen atoms in total. The largest absolute Gasteiger partial charge is 0.480 e. The lowest BCUT2D eigenvalue weighted by Gasteiger charge is -2.20. The molecular formula is C22H24N2O6S4. The molecule has 0 atom stereocenters. The summed E-state index contributed by atoms with van der Waals surface area (Å²) in [5, 5.41) is 9.92. The minimum Gasteiger partial charge on any atom is -0.480 e. The molecule has 3 rings (SSSR count). The lowest BCUT2D eigenvalue weighted by atomic mass is 10.2. The van der Waals surface area contributed by atoms with Crippen molar-refractivity contribution in [3.05, 3.63) is 57.5 Å². The van der Waals surface area contributed by atoms with Gasteiger partial charge in [-0.3, -0.25) is 19.0 Å². The maximum atomic E-state index is 12.5. The molecule has 0 aliphatic carbocycles. The number of anilines is 1. The zero-order chi connectivity index (χ0) is 25.0. The zero-order valence-corrected chi connectivity index (χ0v) is 21.8. The maximum absolute atomic E-state index is 12.5. The quantitative estimate of drug-likeness (QED) is 0.204. The van der Waals surface area contributed by atoms with E-state index in [1.54, 1.807) is 17.8 Å². The number of thiocarbonyl (C=S) groups is 1. The van der Waals surface area contributed by atoms with Crippen LogP contribution in [-0.2, 0) is 19.7 Å². The van der Waals surface area contributed by atoms with Gasteiger partial charge in [-0.15, -0.1) is 0 Å². The van der Waals surface area contributed by atoms with Crippen molar-refractivity contribution in [1.82, 2.24) is 4.90 Å². The van der Waals surface area contributed by atoms with Gasteiger partial charge in [-0.25, -0.2) is 0 Å². The van der Waals surface area contributed by atoms with Crippen LogP contribution in [0.15, 0.2) is 56.8 Å². The Bertz CT molecular complexity index is 1220. The van der Waals surface area contributed by atoms with Gasteiger partial charge in [0.25, 0.3) is 16.0 Å². The predicted molar refractivity (Wildman–Crippen MR) is 139 cm³/mol. The molecule has 34 heavy (non-hydrogen) atoms. The highest BCUT2D eigenvalue weighted by Crippen LogP contribution is 2.46. The first-order valence-electron chi connectivity index (χ1n) is 10.3. The van der Waals surface area contributed by atoms with Gasteiger partial charge >= 0.3 is 5.97 Å². The topological polar surface area (TPSA) is 115 Å². The fraction of sp³-hybridized carbons (Fsp3) is 0.318. The van der Waals surface area contributed by atoms with Crippen molar-refractivity contribution in [3.8, 4) is 0 Å². The Hall–Kier alpha value is -2.12. The van der Waals surface area contributed by atoms with Crippen molar-refractivity contribution < 1.29 is 27.7 Å². The number of allylic oxidation sites excluding steroid dienone is 4. The second-order valence-electron chi connectivity index (χ2n) is 7.80. The summed E-state index contributed by atoms with van der Waals surface area (Å²) in [4.78, 5) is 28.1. The molecule has 2 aliphatic rings. The number of aryl methyl sites for hydroxylation is 1. The van der Waals surface area contributed by atoms with Crippen molar-refractivity contribution in [3.63, 3.8) is 0 Å². The summed E-state index contributed by atoms with van der Waals surface area (Å²) in [6.45, 7) is 3.98. The van der Waals surface area contributed by atoms with Gasteiger partial charge < -0.3 is 10.0 Å². The monoisotopic (exact) mass is 540 g/mol. The summed E-state index contributed by atoms with van der Waals surface area (Å²) >= 11 is 7.81. The highest BCUT2D eigenvalue weighted by molar-refractivity contribution is 8.26. The number of fused-ring (bicyclic) bond motifs is 1. The predicted octanol–water partition coefficient (Wildman–Crippen LogP) is 4.19. The minimum absolute atomic E-state index is 0.220. The molecular weight excluding hydrogens is 517 g/mol. The van der Waals surface area contributed by atoms with E-state index in [4.69, 9.17) is 21.9 Å². The van der Waals surface area contributed by atoms with Gasteiger partial charge in [0.05, 0.1) is 21.4 Å². The first-order valence-corrected chi connectivity index (χ1v) is 14.0. The first-order chi connectivity index (χ1) is 15.9. The van der Waals surface area contributed by atoms with Gasteiger partial charge in [-0.2, -0.15) is 8.42 Å². The third-order valence-electron chi connectivity index (χ3n) is 4.94. The van der Waals surface area contributed by atoms with E-state index < -0.39 is 28.5 Å². The van der Waals surface area contributed by atoms with E-state index in [9.17, 15) is 18.0 Å². The fourth-order valence-electron chi connectivity index (χ4n) is 3.35. The third-order valence-corrected chi connectivity index (χ3v) is 8.23. The number of rotatable bonds is 9. The molecule has 1 fully saturated rings. The Morgan fingerprint density at radius 2 is 1.94 bits per heavy atom. The standard InChI is InChI=1S/C22H24N2O6S4/c1-14-5-7-16-17(11-14)32-19(23(16)9-3-4-10-34(28,29)30)8-6-15(2)12-18-21(27)24(13-20(25)26)22(31)33-18/h5-8,11-12H,3-4,9-10,13H2,1-2H3,(H,25,26)(H,28,29,30). The van der Waals surface area contributed by atoms with Crippen LogP contribution < -0.4 is 4.90 Å². The summed E-state index contributed by atoms with van der Waals surface area (Å²) in [6.07, 6.45) is 6.43. The maximum Gasteiger partial charge on any atom is 0.323 e. The number of unbranched alkanes of at least 4 members (excludes halogenated alkanes) is 1. The molecule has 1 aromatic rings. The van der Waals surface area contributed by atoms with Gasteiger partial charge in [0.2, 0.25) is 0 Å². The van der Waals surface area contributed by atoms with Gasteiger partial charge in [0.15, 0.2) is 0 Å². The Balaban J connectivity index is 1.78. The average molecular weight is 541 g/mol. The second-order valence-corrected chi connectivity index (χ2v) is 12.1. The van der Waals surface area contributed by atoms with E-state index in [2.05, 4.69) is 11.0 Å². The molecule has 0 bridgehead atoms. The summed E-state index contributed by atoms with van der Waals surface area (Å²) in [7, 11) is -3.98. The van der Waals surface area contributed by atoms with Gasteiger partial charge in [-0.05, 0) is 62.1 Å². The van der Waals surface area contributed by atoms with Crippen LogP contribution in [0.4, 0.5) is 5.69 Å². The molecule has 0 radical (unpaired) electrons. The number of carboxylic acids is 1. The van der Waals surface area contributed by atoms with E-state index in [-0.39, 0.29) is 10.1 Å². The SMILES string of the molecule is CC(=CC=C1Sc2cc(C)ccc2N1CCCCS(=O)(=O)O)C=C1SC(=S)N(CC(=O)O)C1=O. The highest BCUT2D eigenvalue weighted by Gasteiger charge is 2.33. The van der Waals surface area contributed by atoms with Crippen LogP contribution >= 0.6 is 35.7 Å². The number of thioether (sulfide) groups is 2. The second kappa shape index (κ2) is 11.1. The number of hydrogen-bond acceptors (Lipinski definition) is 8. The van der Waals surface area contributed by atoms with E-state index >= 15 is 0 Å². The molecule has 0 unspecified atom stereocenters. The molecule has 1 aromatic carbocycles. The highest BCUT2D eigenvalue weighted by atomic mass is 32.2. The number of benzene rings is 1. The molecule has 0 spiro atoms. The number of carboxylic acid groups (broad SMARTS) is 1. The molecule has 1 amide bonds. The number of aliphatic carboxylic acids is 1. The Labute approximate surface area is 212 Å². The van der Waals surface area contributed by atoms with E-state index in [1.165, 1.54) is 0 Å². The van der Waals surface area contributed by atoms with Crippen LogP contribution in [0.2, 0.25) is 0 Å². The van der Waals surface area contributed by atoms with E-state index in [0.29, 0.717) is 24.3 Å². The van der Waals surface area contributed by atoms with Crippen molar-refractivity contribution >= 4 is 67.7 Å². The van der Waals surface area contributed by atoms with Crippen LogP contribution in [-0.4, -0.2) is 58.0 Å². The molecule has 2 aliphatic heterocycles. The van der Waals surface area contributed by atoms with Gasteiger partial charge in [0.1, 0.15) is 10.9 Å². The lowest BCUT2D eigenvalue weighted by Crippen LogP contribution is -2.33. The van der Waals surface area contributed by atoms with Crippen LogP contribution in [0.5, 0.6) is 0 Å². The van der Waals surface area contributed by atoms with Crippen molar-refractivity contribution in [2.75, 3.05) is 23.7 Å². The lowest BCUT2D eigenvalue weighted by molar-refractivity contribution is -0.140. The molecule has 0 aromatic heterocycles. The smallest absolute Gasteiger partial charge is 0.323 e. The van der Waals surface area contributed by atoms with Gasteiger partial charge in [-0.1, -0.05) is 47.9 Å².